The fourth-order valence-electron chi connectivity index (χ4n) is 2.68. The van der Waals surface area contributed by atoms with E-state index < -0.39 is 7.14 Å². The van der Waals surface area contributed by atoms with Gasteiger partial charge in [0.15, 0.2) is 0 Å². The quantitative estimate of drug-likeness (QED) is 0.384. The molecule has 2 aromatic rings. The van der Waals surface area contributed by atoms with Crippen LogP contribution in [0.4, 0.5) is 0 Å². The molecule has 0 saturated carbocycles. The monoisotopic (exact) mass is 346 g/mol. The maximum atomic E-state index is 13.3. The van der Waals surface area contributed by atoms with Crippen molar-refractivity contribution in [3.63, 3.8) is 0 Å². The first-order chi connectivity index (χ1) is 9.11. The molecule has 0 spiro atoms. The van der Waals surface area contributed by atoms with Crippen molar-refractivity contribution in [3.8, 4) is 0 Å². The number of rotatable bonds is 1. The van der Waals surface area contributed by atoms with E-state index in [1.165, 1.54) is 0 Å². The Hall–Kier alpha value is -0.551. The van der Waals surface area contributed by atoms with Gasteiger partial charge in [-0.2, -0.15) is 30.3 Å². The summed E-state index contributed by atoms with van der Waals surface area (Å²) in [5.41, 5.74) is 0. The molecule has 1 nitrogen and oxygen atoms in total. The summed E-state index contributed by atoms with van der Waals surface area (Å²) in [6, 6.07) is 17.9. The predicted molar refractivity (Wildman–Crippen MR) is 90.8 cm³/mol. The van der Waals surface area contributed by atoms with E-state index in [-0.39, 0.29) is 27.4 Å². The maximum Gasteiger partial charge on any atom is 2.00 e. The second-order valence-electron chi connectivity index (χ2n) is 7.06. The van der Waals surface area contributed by atoms with Gasteiger partial charge in [-0.15, -0.1) is 5.30 Å². The van der Waals surface area contributed by atoms with Crippen LogP contribution in [-0.4, -0.2) is 10.3 Å². The molecule has 0 heterocycles. The average molecular weight is 346 g/mol. The molecule has 0 radical (unpaired) electrons. The van der Waals surface area contributed by atoms with Crippen LogP contribution in [0.3, 0.4) is 0 Å². The molecule has 0 saturated heterocycles. The minimum Gasteiger partial charge on any atom is -0.320 e. The van der Waals surface area contributed by atoms with Crippen LogP contribution < -0.4 is 5.30 Å². The van der Waals surface area contributed by atoms with Crippen LogP contribution >= 0.6 is 7.14 Å². The molecule has 0 amide bonds. The van der Waals surface area contributed by atoms with Gasteiger partial charge >= 0.3 is 17.1 Å². The van der Waals surface area contributed by atoms with Crippen molar-refractivity contribution >= 4 is 12.4 Å². The fraction of sp³-hybridized carbons (Fsp3) is 0.444. The van der Waals surface area contributed by atoms with Gasteiger partial charge in [-0.3, -0.25) is 0 Å². The van der Waals surface area contributed by atoms with Gasteiger partial charge in [0.1, 0.15) is 7.14 Å². The Morgan fingerprint density at radius 1 is 0.857 bits per heavy atom. The molecular weight excluding hydrogens is 319 g/mol. The van der Waals surface area contributed by atoms with E-state index in [1.807, 2.05) is 54.6 Å². The van der Waals surface area contributed by atoms with Crippen LogP contribution in [0.25, 0.3) is 0 Å². The standard InChI is InChI=1S/C13H22OP.C5H5.Fe/c1-12(2,3)15(14,13(4,5)6)11-9-7-8-10-11;1-2-4-5-3-1;/h7-10H,1-6H3;1-5H;/q2*-1;+2. The van der Waals surface area contributed by atoms with Gasteiger partial charge in [-0.1, -0.05) is 41.5 Å². The summed E-state index contributed by atoms with van der Waals surface area (Å²) in [7, 11) is -2.39. The number of hydrogen-bond donors (Lipinski definition) is 0. The third kappa shape index (κ3) is 4.71. The molecule has 3 heteroatoms. The Balaban J connectivity index is 0.000000562. The summed E-state index contributed by atoms with van der Waals surface area (Å²) in [5.74, 6) is 0. The van der Waals surface area contributed by atoms with Crippen molar-refractivity contribution in [2.45, 2.75) is 51.9 Å². The minimum atomic E-state index is -2.39. The molecule has 0 unspecified atom stereocenters. The molecule has 0 aliphatic heterocycles. The van der Waals surface area contributed by atoms with Gasteiger partial charge < -0.3 is 4.57 Å². The molecule has 2 aromatic carbocycles. The van der Waals surface area contributed by atoms with Gasteiger partial charge in [0.05, 0.1) is 0 Å². The summed E-state index contributed by atoms with van der Waals surface area (Å²) >= 11 is 0. The first-order valence-electron chi connectivity index (χ1n) is 7.10. The van der Waals surface area contributed by atoms with Gasteiger partial charge in [-0.05, 0) is 0 Å². The largest absolute Gasteiger partial charge is 2.00 e. The van der Waals surface area contributed by atoms with E-state index in [0.29, 0.717) is 0 Å². The molecule has 0 aliphatic carbocycles. The Kier molecular flexibility index (Phi) is 7.43. The van der Waals surface area contributed by atoms with Gasteiger partial charge in [-0.25, -0.2) is 24.3 Å². The summed E-state index contributed by atoms with van der Waals surface area (Å²) in [4.78, 5) is 0. The zero-order valence-corrected chi connectivity index (χ0v) is 15.9. The summed E-state index contributed by atoms with van der Waals surface area (Å²) < 4.78 is 13.3. The molecule has 118 valence electrons. The van der Waals surface area contributed by atoms with E-state index in [4.69, 9.17) is 0 Å². The van der Waals surface area contributed by atoms with Crippen molar-refractivity contribution < 1.29 is 21.6 Å². The van der Waals surface area contributed by atoms with E-state index >= 15 is 0 Å². The van der Waals surface area contributed by atoms with Crippen molar-refractivity contribution in [1.82, 2.24) is 0 Å². The fourth-order valence-corrected chi connectivity index (χ4v) is 6.83. The predicted octanol–water partition coefficient (Wildman–Crippen LogP) is 5.39. The van der Waals surface area contributed by atoms with Crippen molar-refractivity contribution in [1.29, 1.82) is 0 Å². The third-order valence-corrected chi connectivity index (χ3v) is 8.26. The van der Waals surface area contributed by atoms with Crippen LogP contribution in [0.2, 0.25) is 0 Å². The molecular formula is C18H27FeOP. The van der Waals surface area contributed by atoms with Crippen LogP contribution in [0, 0.1) is 0 Å². The van der Waals surface area contributed by atoms with Gasteiger partial charge in [0.2, 0.25) is 0 Å². The molecule has 0 aromatic heterocycles. The van der Waals surface area contributed by atoms with E-state index in [2.05, 4.69) is 41.5 Å². The summed E-state index contributed by atoms with van der Waals surface area (Å²) in [5, 5.41) is 0.654. The van der Waals surface area contributed by atoms with Crippen molar-refractivity contribution in [2.75, 3.05) is 0 Å². The first kappa shape index (κ1) is 20.4. The number of hydrogen-bond acceptors (Lipinski definition) is 1. The van der Waals surface area contributed by atoms with Crippen LogP contribution in [0.1, 0.15) is 41.5 Å². The van der Waals surface area contributed by atoms with Crippen LogP contribution in [0.5, 0.6) is 0 Å². The van der Waals surface area contributed by atoms with Crippen LogP contribution in [0.15, 0.2) is 54.6 Å². The molecule has 0 aliphatic rings. The topological polar surface area (TPSA) is 17.1 Å². The SMILES string of the molecule is CC(C)(C)P(=O)(c1ccc[cH-]1)C(C)(C)C.[Fe+2].c1cc[cH-]c1. The molecule has 0 atom stereocenters. The Morgan fingerprint density at radius 3 is 1.57 bits per heavy atom. The normalized spacial score (nSPS) is 12.1. The second-order valence-corrected chi connectivity index (χ2v) is 11.5. The Bertz CT molecular complexity index is 490. The zero-order valence-electron chi connectivity index (χ0n) is 13.9. The minimum absolute atomic E-state index is 0. The van der Waals surface area contributed by atoms with Gasteiger partial charge in [0, 0.05) is 10.3 Å². The average Bonchev–Trinajstić information content (AvgIpc) is 3.01. The molecule has 0 N–H and O–H groups in total. The molecule has 0 fully saturated rings. The van der Waals surface area contributed by atoms with E-state index in [1.54, 1.807) is 0 Å². The summed E-state index contributed by atoms with van der Waals surface area (Å²) in [6.07, 6.45) is 0. The van der Waals surface area contributed by atoms with E-state index in [9.17, 15) is 4.57 Å². The second kappa shape index (κ2) is 7.63. The molecule has 2 rings (SSSR count). The van der Waals surface area contributed by atoms with Crippen LogP contribution in [-0.2, 0) is 21.6 Å². The third-order valence-electron chi connectivity index (χ3n) is 3.45. The first-order valence-corrected chi connectivity index (χ1v) is 8.80. The maximum absolute atomic E-state index is 13.3. The zero-order chi connectivity index (χ0) is 15.4. The van der Waals surface area contributed by atoms with Crippen molar-refractivity contribution in [2.24, 2.45) is 0 Å². The summed E-state index contributed by atoms with van der Waals surface area (Å²) in [6.45, 7) is 12.5. The Morgan fingerprint density at radius 2 is 1.33 bits per heavy atom. The molecule has 0 bridgehead atoms. The van der Waals surface area contributed by atoms with E-state index in [0.717, 1.165) is 5.30 Å². The van der Waals surface area contributed by atoms with Gasteiger partial charge in [0.25, 0.3) is 0 Å². The Labute approximate surface area is 140 Å². The molecule has 21 heavy (non-hydrogen) atoms. The smallest absolute Gasteiger partial charge is 0.320 e. The van der Waals surface area contributed by atoms with Crippen molar-refractivity contribution in [3.05, 3.63) is 54.6 Å².